The highest BCUT2D eigenvalue weighted by Gasteiger charge is 2.41. The van der Waals surface area contributed by atoms with Gasteiger partial charge in [-0.2, -0.15) is 0 Å². The van der Waals surface area contributed by atoms with Gasteiger partial charge in [-0.25, -0.2) is 0 Å². The van der Waals surface area contributed by atoms with E-state index >= 15 is 0 Å². The van der Waals surface area contributed by atoms with E-state index in [4.69, 9.17) is 27.9 Å². The molecule has 1 fully saturated rings. The second kappa shape index (κ2) is 10.1. The molecular weight excluding hydrogens is 395 g/mol. The summed E-state index contributed by atoms with van der Waals surface area (Å²) < 4.78 is 5.62. The first kappa shape index (κ1) is 23.5. The Kier molecular flexibility index (Phi) is 9.17. The molecule has 2 N–H and O–H groups in total. The van der Waals surface area contributed by atoms with Crippen LogP contribution in [0.2, 0.25) is 10.0 Å². The fraction of sp³-hybridized carbons (Fsp3) is 0.632. The van der Waals surface area contributed by atoms with Crippen molar-refractivity contribution in [3.63, 3.8) is 0 Å². The lowest BCUT2D eigenvalue weighted by atomic mass is 9.75. The number of hydrogen-bond acceptors (Lipinski definition) is 3. The molecule has 1 aliphatic heterocycles. The zero-order chi connectivity index (χ0) is 18.5. The molecule has 1 aromatic carbocycles. The minimum Gasteiger partial charge on any atom is -0.368 e. The number of piperidine rings is 1. The topological polar surface area (TPSA) is 50.4 Å². The molecule has 0 unspecified atom stereocenters. The van der Waals surface area contributed by atoms with E-state index in [2.05, 4.69) is 24.5 Å². The van der Waals surface area contributed by atoms with Crippen LogP contribution in [0.1, 0.15) is 45.1 Å². The largest absolute Gasteiger partial charge is 0.368 e. The van der Waals surface area contributed by atoms with Crippen LogP contribution < -0.4 is 10.6 Å². The molecule has 1 amide bonds. The van der Waals surface area contributed by atoms with Gasteiger partial charge in [-0.15, -0.1) is 12.4 Å². The lowest BCUT2D eigenvalue weighted by Crippen LogP contribution is -2.56. The van der Waals surface area contributed by atoms with E-state index in [-0.39, 0.29) is 23.7 Å². The smallest absolute Gasteiger partial charge is 0.252 e. The van der Waals surface area contributed by atoms with Crippen LogP contribution in [0, 0.1) is 0 Å². The van der Waals surface area contributed by atoms with Crippen molar-refractivity contribution in [1.29, 1.82) is 0 Å². The highest BCUT2D eigenvalue weighted by Crippen LogP contribution is 2.35. The van der Waals surface area contributed by atoms with Gasteiger partial charge in [-0.05, 0) is 56.5 Å². The Morgan fingerprint density at radius 1 is 1.23 bits per heavy atom. The van der Waals surface area contributed by atoms with Crippen LogP contribution in [0.25, 0.3) is 0 Å². The Morgan fingerprint density at radius 2 is 1.85 bits per heavy atom. The Labute approximate surface area is 172 Å². The molecule has 26 heavy (non-hydrogen) atoms. The lowest BCUT2D eigenvalue weighted by molar-refractivity contribution is -0.147. The molecule has 0 aliphatic carbocycles. The maximum atomic E-state index is 12.9. The summed E-state index contributed by atoms with van der Waals surface area (Å²) in [6.07, 6.45) is 3.16. The first-order chi connectivity index (χ1) is 11.9. The number of benzene rings is 1. The van der Waals surface area contributed by atoms with Gasteiger partial charge < -0.3 is 15.4 Å². The number of methoxy groups -OCH3 is 1. The van der Waals surface area contributed by atoms with Crippen molar-refractivity contribution in [3.8, 4) is 0 Å². The van der Waals surface area contributed by atoms with Crippen LogP contribution >= 0.6 is 35.6 Å². The fourth-order valence-electron chi connectivity index (χ4n) is 3.60. The summed E-state index contributed by atoms with van der Waals surface area (Å²) in [5, 5.41) is 7.52. The van der Waals surface area contributed by atoms with Crippen molar-refractivity contribution in [1.82, 2.24) is 10.6 Å². The molecule has 148 valence electrons. The van der Waals surface area contributed by atoms with E-state index in [1.165, 1.54) is 0 Å². The molecule has 0 atom stereocenters. The number of amides is 1. The van der Waals surface area contributed by atoms with Crippen molar-refractivity contribution in [2.75, 3.05) is 26.7 Å². The molecule has 0 aromatic heterocycles. The number of ether oxygens (including phenoxy) is 1. The predicted molar refractivity (Wildman–Crippen MR) is 111 cm³/mol. The molecule has 7 heteroatoms. The van der Waals surface area contributed by atoms with E-state index in [0.717, 1.165) is 31.5 Å². The average Bonchev–Trinajstić information content (AvgIpc) is 2.65. The summed E-state index contributed by atoms with van der Waals surface area (Å²) in [4.78, 5) is 12.9. The summed E-state index contributed by atoms with van der Waals surface area (Å²) >= 11 is 12.3. The van der Waals surface area contributed by atoms with Gasteiger partial charge in [0.15, 0.2) is 0 Å². The maximum absolute atomic E-state index is 12.9. The quantitative estimate of drug-likeness (QED) is 0.685. The summed E-state index contributed by atoms with van der Waals surface area (Å²) in [5.41, 5.74) is 0.200. The van der Waals surface area contributed by atoms with E-state index in [9.17, 15) is 4.79 Å². The Balaban J connectivity index is 0.00000338. The fourth-order valence-corrected chi connectivity index (χ4v) is 3.90. The number of halogens is 3. The molecule has 0 spiro atoms. The molecule has 0 radical (unpaired) electrons. The number of hydrogen-bond donors (Lipinski definition) is 2. The normalized spacial score (nSPS) is 16.7. The SMILES string of the molecule is CCC(CC)(CNC(=O)C1(OC)CCNCC1)c1ccc(Cl)c(Cl)c1.Cl. The minimum atomic E-state index is -0.726. The van der Waals surface area contributed by atoms with E-state index < -0.39 is 5.60 Å². The third kappa shape index (κ3) is 4.85. The van der Waals surface area contributed by atoms with Crippen molar-refractivity contribution < 1.29 is 9.53 Å². The number of carbonyl (C=O) groups excluding carboxylic acids is 1. The molecule has 2 rings (SSSR count). The van der Waals surface area contributed by atoms with Crippen molar-refractivity contribution in [2.24, 2.45) is 0 Å². The van der Waals surface area contributed by atoms with E-state index in [1.807, 2.05) is 18.2 Å². The van der Waals surface area contributed by atoms with Crippen LogP contribution in [0.5, 0.6) is 0 Å². The molecule has 4 nitrogen and oxygen atoms in total. The Bertz CT molecular complexity index is 600. The molecule has 1 heterocycles. The Hall–Kier alpha value is -0.520. The van der Waals surface area contributed by atoms with Crippen LogP contribution in [-0.4, -0.2) is 38.3 Å². The summed E-state index contributed by atoms with van der Waals surface area (Å²) in [7, 11) is 1.62. The van der Waals surface area contributed by atoms with Gasteiger partial charge in [0.1, 0.15) is 5.60 Å². The van der Waals surface area contributed by atoms with Gasteiger partial charge in [0, 0.05) is 19.1 Å². The predicted octanol–water partition coefficient (Wildman–Crippen LogP) is 4.36. The lowest BCUT2D eigenvalue weighted by Gasteiger charge is -2.38. The first-order valence-electron chi connectivity index (χ1n) is 8.93. The van der Waals surface area contributed by atoms with Gasteiger partial charge in [0.25, 0.3) is 5.91 Å². The van der Waals surface area contributed by atoms with Gasteiger partial charge in [0.2, 0.25) is 0 Å². The second-order valence-electron chi connectivity index (χ2n) is 6.75. The third-order valence-corrected chi connectivity index (χ3v) is 6.43. The van der Waals surface area contributed by atoms with Crippen molar-refractivity contribution in [3.05, 3.63) is 33.8 Å². The average molecular weight is 424 g/mol. The van der Waals surface area contributed by atoms with E-state index in [0.29, 0.717) is 29.4 Å². The molecular formula is C19H29Cl3N2O2. The number of rotatable bonds is 7. The Morgan fingerprint density at radius 3 is 2.35 bits per heavy atom. The zero-order valence-corrected chi connectivity index (χ0v) is 18.0. The van der Waals surface area contributed by atoms with Crippen LogP contribution in [0.3, 0.4) is 0 Å². The zero-order valence-electron chi connectivity index (χ0n) is 15.7. The molecule has 0 bridgehead atoms. The molecule has 1 aromatic rings. The van der Waals surface area contributed by atoms with Crippen LogP contribution in [0.4, 0.5) is 0 Å². The van der Waals surface area contributed by atoms with Gasteiger partial charge in [-0.3, -0.25) is 4.79 Å². The first-order valence-corrected chi connectivity index (χ1v) is 9.68. The highest BCUT2D eigenvalue weighted by atomic mass is 35.5. The summed E-state index contributed by atoms with van der Waals surface area (Å²) in [5.74, 6) is -0.0252. The van der Waals surface area contributed by atoms with Gasteiger partial charge in [0.05, 0.1) is 10.0 Å². The number of nitrogens with one attached hydrogen (secondary N) is 2. The van der Waals surface area contributed by atoms with E-state index in [1.54, 1.807) is 7.11 Å². The van der Waals surface area contributed by atoms with Gasteiger partial charge in [-0.1, -0.05) is 43.1 Å². The summed E-state index contributed by atoms with van der Waals surface area (Å²) in [6.45, 7) is 6.40. The van der Waals surface area contributed by atoms with Crippen LogP contribution in [0.15, 0.2) is 18.2 Å². The second-order valence-corrected chi connectivity index (χ2v) is 7.56. The van der Waals surface area contributed by atoms with Gasteiger partial charge >= 0.3 is 0 Å². The molecule has 1 aliphatic rings. The van der Waals surface area contributed by atoms with Crippen molar-refractivity contribution >= 4 is 41.5 Å². The molecule has 1 saturated heterocycles. The minimum absolute atomic E-state index is 0. The maximum Gasteiger partial charge on any atom is 0.252 e. The third-order valence-electron chi connectivity index (χ3n) is 5.69. The summed E-state index contributed by atoms with van der Waals surface area (Å²) in [6, 6.07) is 5.74. The van der Waals surface area contributed by atoms with Crippen molar-refractivity contribution in [2.45, 2.75) is 50.5 Å². The highest BCUT2D eigenvalue weighted by molar-refractivity contribution is 6.42. The molecule has 0 saturated carbocycles. The number of carbonyl (C=O) groups is 1. The monoisotopic (exact) mass is 422 g/mol. The van der Waals surface area contributed by atoms with Crippen LogP contribution in [-0.2, 0) is 14.9 Å². The standard InChI is InChI=1S/C19H28Cl2N2O2.ClH/c1-4-18(5-2,14-6-7-15(20)16(21)12-14)13-23-17(24)19(25-3)8-10-22-11-9-19;/h6-7,12,22H,4-5,8-11,13H2,1-3H3,(H,23,24);1H.